The smallest absolute Gasteiger partial charge is 0.133 e. The fourth-order valence-corrected chi connectivity index (χ4v) is 2.34. The van der Waals surface area contributed by atoms with Crippen molar-refractivity contribution in [3.8, 4) is 0 Å². The second kappa shape index (κ2) is 5.50. The Labute approximate surface area is 120 Å². The van der Waals surface area contributed by atoms with E-state index in [-0.39, 0.29) is 16.6 Å². The maximum atomic E-state index is 13.8. The maximum Gasteiger partial charge on any atom is 0.133 e. The lowest BCUT2D eigenvalue weighted by atomic mass is 9.97. The first-order chi connectivity index (χ1) is 9.32. The monoisotopic (exact) mass is 300 g/mol. The number of hydrogen-bond donors (Lipinski definition) is 1. The van der Waals surface area contributed by atoms with Crippen molar-refractivity contribution in [2.45, 2.75) is 25.9 Å². The summed E-state index contributed by atoms with van der Waals surface area (Å²) in [4.78, 5) is 0. The van der Waals surface area contributed by atoms with E-state index in [9.17, 15) is 13.9 Å². The zero-order valence-electron chi connectivity index (χ0n) is 11.4. The summed E-state index contributed by atoms with van der Waals surface area (Å²) in [5.41, 5.74) is 0.923. The molecule has 20 heavy (non-hydrogen) atoms. The van der Waals surface area contributed by atoms with Gasteiger partial charge in [-0.1, -0.05) is 31.5 Å². The van der Waals surface area contributed by atoms with Crippen molar-refractivity contribution < 1.29 is 13.9 Å². The van der Waals surface area contributed by atoms with Crippen molar-refractivity contribution in [3.05, 3.63) is 51.8 Å². The third-order valence-corrected chi connectivity index (χ3v) is 3.57. The van der Waals surface area contributed by atoms with Gasteiger partial charge in [0, 0.05) is 24.2 Å². The summed E-state index contributed by atoms with van der Waals surface area (Å²) < 4.78 is 28.2. The van der Waals surface area contributed by atoms with Crippen molar-refractivity contribution in [2.75, 3.05) is 0 Å². The minimum atomic E-state index is -1.28. The van der Waals surface area contributed by atoms with Gasteiger partial charge in [-0.05, 0) is 12.0 Å². The predicted molar refractivity (Wildman–Crippen MR) is 72.7 cm³/mol. The number of aromatic nitrogens is 2. The van der Waals surface area contributed by atoms with Crippen LogP contribution in [0.3, 0.4) is 0 Å². The molecule has 0 bridgehead atoms. The van der Waals surface area contributed by atoms with Crippen molar-refractivity contribution in [1.29, 1.82) is 0 Å². The average Bonchev–Trinajstić information content (AvgIpc) is 2.65. The first kappa shape index (κ1) is 14.9. The van der Waals surface area contributed by atoms with E-state index in [2.05, 4.69) is 5.10 Å². The van der Waals surface area contributed by atoms with Gasteiger partial charge in [0.25, 0.3) is 0 Å². The Balaban J connectivity index is 2.55. The molecule has 2 rings (SSSR count). The largest absolute Gasteiger partial charge is 0.383 e. The van der Waals surface area contributed by atoms with Crippen LogP contribution in [0.1, 0.15) is 42.7 Å². The Morgan fingerprint density at radius 1 is 1.30 bits per heavy atom. The summed E-state index contributed by atoms with van der Waals surface area (Å²) in [7, 11) is 1.64. The molecule has 0 aliphatic carbocycles. The summed E-state index contributed by atoms with van der Waals surface area (Å²) >= 11 is 6.13. The quantitative estimate of drug-likeness (QED) is 0.941. The highest BCUT2D eigenvalue weighted by Crippen LogP contribution is 2.35. The minimum Gasteiger partial charge on any atom is -0.383 e. The first-order valence-corrected chi connectivity index (χ1v) is 6.56. The average molecular weight is 301 g/mol. The lowest BCUT2D eigenvalue weighted by Gasteiger charge is -2.14. The van der Waals surface area contributed by atoms with E-state index in [0.29, 0.717) is 11.3 Å². The molecular weight excluding hydrogens is 286 g/mol. The van der Waals surface area contributed by atoms with E-state index in [4.69, 9.17) is 11.6 Å². The number of benzene rings is 1. The van der Waals surface area contributed by atoms with Crippen LogP contribution in [0, 0.1) is 11.6 Å². The molecule has 1 N–H and O–H groups in total. The first-order valence-electron chi connectivity index (χ1n) is 6.18. The summed E-state index contributed by atoms with van der Waals surface area (Å²) in [6.07, 6.45) is -1.28. The zero-order valence-corrected chi connectivity index (χ0v) is 12.1. The standard InChI is InChI=1S/C14H15ClF2N2O/c1-7(2)12-11(14(15)19(3)18-12)13(20)9-5-4-8(16)6-10(9)17/h4-7,13,20H,1-3H3. The highest BCUT2D eigenvalue weighted by atomic mass is 35.5. The fraction of sp³-hybridized carbons (Fsp3) is 0.357. The molecule has 1 aromatic heterocycles. The van der Waals surface area contributed by atoms with Gasteiger partial charge in [0.1, 0.15) is 22.9 Å². The molecule has 108 valence electrons. The van der Waals surface area contributed by atoms with E-state index < -0.39 is 17.7 Å². The molecule has 1 atom stereocenters. The van der Waals surface area contributed by atoms with E-state index in [1.807, 2.05) is 13.8 Å². The second-order valence-electron chi connectivity index (χ2n) is 4.94. The van der Waals surface area contributed by atoms with Gasteiger partial charge in [-0.2, -0.15) is 5.10 Å². The molecule has 1 unspecified atom stereocenters. The third kappa shape index (κ3) is 2.55. The van der Waals surface area contributed by atoms with Gasteiger partial charge in [0.05, 0.1) is 5.69 Å². The molecule has 0 saturated heterocycles. The summed E-state index contributed by atoms with van der Waals surface area (Å²) in [6, 6.07) is 3.04. The molecular formula is C14H15ClF2N2O. The minimum absolute atomic E-state index is 0.0156. The molecule has 3 nitrogen and oxygen atoms in total. The van der Waals surface area contributed by atoms with Gasteiger partial charge in [-0.25, -0.2) is 8.78 Å². The molecule has 6 heteroatoms. The van der Waals surface area contributed by atoms with Gasteiger partial charge >= 0.3 is 0 Å². The Bertz CT molecular complexity index is 640. The van der Waals surface area contributed by atoms with E-state index in [1.165, 1.54) is 10.7 Å². The van der Waals surface area contributed by atoms with Crippen LogP contribution in [-0.4, -0.2) is 14.9 Å². The highest BCUT2D eigenvalue weighted by Gasteiger charge is 2.26. The predicted octanol–water partition coefficient (Wildman–Crippen LogP) is 3.56. The molecule has 0 fully saturated rings. The number of hydrogen-bond acceptors (Lipinski definition) is 2. The van der Waals surface area contributed by atoms with Gasteiger partial charge < -0.3 is 5.11 Å². The van der Waals surface area contributed by atoms with E-state index in [1.54, 1.807) is 7.05 Å². The molecule has 0 amide bonds. The topological polar surface area (TPSA) is 38.0 Å². The van der Waals surface area contributed by atoms with Gasteiger partial charge in [0.15, 0.2) is 0 Å². The molecule has 2 aromatic rings. The van der Waals surface area contributed by atoms with Crippen molar-refractivity contribution >= 4 is 11.6 Å². The van der Waals surface area contributed by atoms with Crippen LogP contribution < -0.4 is 0 Å². The van der Waals surface area contributed by atoms with Gasteiger partial charge in [-0.15, -0.1) is 0 Å². The number of aliphatic hydroxyl groups is 1. The Hall–Kier alpha value is -1.46. The van der Waals surface area contributed by atoms with Crippen LogP contribution in [0.4, 0.5) is 8.78 Å². The molecule has 0 aliphatic rings. The Morgan fingerprint density at radius 2 is 1.95 bits per heavy atom. The summed E-state index contributed by atoms with van der Waals surface area (Å²) in [5, 5.41) is 14.9. The van der Waals surface area contributed by atoms with Crippen LogP contribution in [-0.2, 0) is 7.05 Å². The molecule has 1 heterocycles. The van der Waals surface area contributed by atoms with Crippen molar-refractivity contribution in [3.63, 3.8) is 0 Å². The number of nitrogens with zero attached hydrogens (tertiary/aromatic N) is 2. The molecule has 0 aliphatic heterocycles. The number of halogens is 3. The van der Waals surface area contributed by atoms with Crippen molar-refractivity contribution in [1.82, 2.24) is 9.78 Å². The lowest BCUT2D eigenvalue weighted by Crippen LogP contribution is -2.06. The molecule has 0 radical (unpaired) electrons. The zero-order chi connectivity index (χ0) is 15.0. The molecule has 1 aromatic carbocycles. The van der Waals surface area contributed by atoms with Crippen LogP contribution in [0.15, 0.2) is 18.2 Å². The maximum absolute atomic E-state index is 13.8. The normalized spacial score (nSPS) is 13.0. The Morgan fingerprint density at radius 3 is 2.50 bits per heavy atom. The van der Waals surface area contributed by atoms with E-state index in [0.717, 1.165) is 12.1 Å². The van der Waals surface area contributed by atoms with Gasteiger partial charge in [-0.3, -0.25) is 4.68 Å². The van der Waals surface area contributed by atoms with Crippen LogP contribution in [0.25, 0.3) is 0 Å². The van der Waals surface area contributed by atoms with Crippen LogP contribution in [0.5, 0.6) is 0 Å². The van der Waals surface area contributed by atoms with Crippen LogP contribution >= 0.6 is 11.6 Å². The number of aryl methyl sites for hydroxylation is 1. The second-order valence-corrected chi connectivity index (χ2v) is 5.29. The number of rotatable bonds is 3. The third-order valence-electron chi connectivity index (χ3n) is 3.12. The Kier molecular flexibility index (Phi) is 4.11. The van der Waals surface area contributed by atoms with E-state index >= 15 is 0 Å². The summed E-state index contributed by atoms with van der Waals surface area (Å²) in [6.45, 7) is 3.80. The fourth-order valence-electron chi connectivity index (χ4n) is 2.10. The van der Waals surface area contributed by atoms with Crippen LogP contribution in [0.2, 0.25) is 5.15 Å². The molecule has 0 spiro atoms. The van der Waals surface area contributed by atoms with Gasteiger partial charge in [0.2, 0.25) is 0 Å². The van der Waals surface area contributed by atoms with Crippen molar-refractivity contribution in [2.24, 2.45) is 7.05 Å². The number of aliphatic hydroxyl groups excluding tert-OH is 1. The summed E-state index contributed by atoms with van der Waals surface area (Å²) in [5.74, 6) is -1.49. The SMILES string of the molecule is CC(C)c1nn(C)c(Cl)c1C(O)c1ccc(F)cc1F. The molecule has 0 saturated carbocycles. The highest BCUT2D eigenvalue weighted by molar-refractivity contribution is 6.30. The lowest BCUT2D eigenvalue weighted by molar-refractivity contribution is 0.213.